The summed E-state index contributed by atoms with van der Waals surface area (Å²) in [6, 6.07) is 21.2. The summed E-state index contributed by atoms with van der Waals surface area (Å²) in [6.07, 6.45) is 1.91. The van der Waals surface area contributed by atoms with Crippen LogP contribution in [0.4, 0.5) is 0 Å². The van der Waals surface area contributed by atoms with Crippen LogP contribution >= 0.6 is 0 Å². The number of hydrogen-bond donors (Lipinski definition) is 0. The second-order valence-electron chi connectivity index (χ2n) is 6.25. The molecule has 0 N–H and O–H groups in total. The number of pyridine rings is 1. The molecule has 0 amide bonds. The van der Waals surface area contributed by atoms with Crippen molar-refractivity contribution in [2.45, 2.75) is 13.8 Å². The zero-order valence-electron chi connectivity index (χ0n) is 14.0. The van der Waals surface area contributed by atoms with Gasteiger partial charge in [0.1, 0.15) is 0 Å². The van der Waals surface area contributed by atoms with Crippen molar-refractivity contribution in [3.05, 3.63) is 83.9 Å². The van der Waals surface area contributed by atoms with E-state index in [2.05, 4.69) is 81.1 Å². The van der Waals surface area contributed by atoms with Crippen molar-refractivity contribution >= 4 is 27.9 Å². The van der Waals surface area contributed by atoms with Crippen LogP contribution in [0, 0.1) is 13.8 Å². The summed E-state index contributed by atoms with van der Waals surface area (Å²) in [4.78, 5) is 4.84. The second kappa shape index (κ2) is 5.61. The molecule has 0 saturated heterocycles. The van der Waals surface area contributed by atoms with Crippen molar-refractivity contribution in [2.24, 2.45) is 0 Å². The number of benzene rings is 3. The van der Waals surface area contributed by atoms with Crippen LogP contribution in [0.1, 0.15) is 16.7 Å². The Morgan fingerprint density at radius 2 is 1.25 bits per heavy atom. The standard InChI is InChI=1S/C23H19N/c1-4-17-13-15(2)22(16(3)14-17)23-18-9-5-7-11-20(18)24-21-12-8-6-10-19(21)23/h4-14H,1H2,2-3H3. The first-order valence-electron chi connectivity index (χ1n) is 8.20. The molecule has 0 radical (unpaired) electrons. The van der Waals surface area contributed by atoms with E-state index in [-0.39, 0.29) is 0 Å². The van der Waals surface area contributed by atoms with Gasteiger partial charge in [0.05, 0.1) is 11.0 Å². The van der Waals surface area contributed by atoms with Crippen LogP contribution in [0.25, 0.3) is 39.0 Å². The Morgan fingerprint density at radius 3 is 1.75 bits per heavy atom. The average molecular weight is 309 g/mol. The van der Waals surface area contributed by atoms with E-state index in [1.54, 1.807) is 0 Å². The third-order valence-corrected chi connectivity index (χ3v) is 4.63. The highest BCUT2D eigenvalue weighted by molar-refractivity contribution is 6.10. The van der Waals surface area contributed by atoms with Gasteiger partial charge in [0, 0.05) is 16.3 Å². The molecule has 116 valence electrons. The summed E-state index contributed by atoms with van der Waals surface area (Å²) in [5.41, 5.74) is 8.36. The highest BCUT2D eigenvalue weighted by atomic mass is 14.7. The maximum Gasteiger partial charge on any atom is 0.0715 e. The predicted octanol–water partition coefficient (Wildman–Crippen LogP) is 6.31. The molecule has 0 aliphatic carbocycles. The fourth-order valence-electron chi connectivity index (χ4n) is 3.62. The van der Waals surface area contributed by atoms with E-state index in [4.69, 9.17) is 4.98 Å². The molecule has 4 aromatic rings. The van der Waals surface area contributed by atoms with Gasteiger partial charge in [-0.25, -0.2) is 4.98 Å². The van der Waals surface area contributed by atoms with E-state index in [9.17, 15) is 0 Å². The highest BCUT2D eigenvalue weighted by Gasteiger charge is 2.15. The first-order valence-corrected chi connectivity index (χ1v) is 8.20. The minimum atomic E-state index is 1.04. The summed E-state index contributed by atoms with van der Waals surface area (Å²) in [6.45, 7) is 8.27. The predicted molar refractivity (Wildman–Crippen MR) is 104 cm³/mol. The molecule has 4 rings (SSSR count). The molecular formula is C23H19N. The van der Waals surface area contributed by atoms with Crippen LogP contribution in [0.15, 0.2) is 67.2 Å². The molecule has 0 fully saturated rings. The SMILES string of the molecule is C=Cc1cc(C)c(-c2c3ccccc3nc3ccccc23)c(C)c1. The number of fused-ring (bicyclic) bond motifs is 2. The fourth-order valence-corrected chi connectivity index (χ4v) is 3.62. The summed E-state index contributed by atoms with van der Waals surface area (Å²) < 4.78 is 0. The molecule has 1 heteroatoms. The first-order chi connectivity index (χ1) is 11.7. The van der Waals surface area contributed by atoms with Crippen molar-refractivity contribution in [1.29, 1.82) is 0 Å². The monoisotopic (exact) mass is 309 g/mol. The van der Waals surface area contributed by atoms with Gasteiger partial charge < -0.3 is 0 Å². The van der Waals surface area contributed by atoms with E-state index in [0.717, 1.165) is 16.6 Å². The molecular weight excluding hydrogens is 290 g/mol. The average Bonchev–Trinajstić information content (AvgIpc) is 2.60. The highest BCUT2D eigenvalue weighted by Crippen LogP contribution is 2.38. The molecule has 1 nitrogen and oxygen atoms in total. The van der Waals surface area contributed by atoms with Gasteiger partial charge >= 0.3 is 0 Å². The number of aryl methyl sites for hydroxylation is 2. The van der Waals surface area contributed by atoms with Gasteiger partial charge in [0.2, 0.25) is 0 Å². The van der Waals surface area contributed by atoms with E-state index in [1.165, 1.54) is 33.0 Å². The maximum absolute atomic E-state index is 4.84. The van der Waals surface area contributed by atoms with Crippen LogP contribution in [0.3, 0.4) is 0 Å². The van der Waals surface area contributed by atoms with E-state index in [1.807, 2.05) is 6.08 Å². The summed E-state index contributed by atoms with van der Waals surface area (Å²) in [7, 11) is 0. The van der Waals surface area contributed by atoms with Gasteiger partial charge in [-0.15, -0.1) is 0 Å². The lowest BCUT2D eigenvalue weighted by atomic mass is 9.89. The zero-order valence-corrected chi connectivity index (χ0v) is 14.0. The van der Waals surface area contributed by atoms with E-state index in [0.29, 0.717) is 0 Å². The molecule has 1 aromatic heterocycles. The van der Waals surface area contributed by atoms with Crippen LogP contribution < -0.4 is 0 Å². The molecule has 0 spiro atoms. The summed E-state index contributed by atoms with van der Waals surface area (Å²) >= 11 is 0. The molecule has 0 atom stereocenters. The maximum atomic E-state index is 4.84. The Hall–Kier alpha value is -2.93. The molecule has 24 heavy (non-hydrogen) atoms. The van der Waals surface area contributed by atoms with Gasteiger partial charge in [-0.2, -0.15) is 0 Å². The quantitative estimate of drug-likeness (QED) is 0.395. The minimum Gasteiger partial charge on any atom is -0.248 e. The topological polar surface area (TPSA) is 12.9 Å². The molecule has 0 unspecified atom stereocenters. The molecule has 0 aliphatic rings. The van der Waals surface area contributed by atoms with Gasteiger partial charge in [0.15, 0.2) is 0 Å². The number of hydrogen-bond acceptors (Lipinski definition) is 1. The lowest BCUT2D eigenvalue weighted by Gasteiger charge is -2.16. The summed E-state index contributed by atoms with van der Waals surface area (Å²) in [5, 5.41) is 2.41. The Kier molecular flexibility index (Phi) is 3.42. The van der Waals surface area contributed by atoms with Crippen LogP contribution in [0.2, 0.25) is 0 Å². The lowest BCUT2D eigenvalue weighted by molar-refractivity contribution is 1.37. The number of aromatic nitrogens is 1. The van der Waals surface area contributed by atoms with Gasteiger partial charge in [-0.1, -0.05) is 61.2 Å². The van der Waals surface area contributed by atoms with Crippen molar-refractivity contribution in [1.82, 2.24) is 4.98 Å². The van der Waals surface area contributed by atoms with Gasteiger partial charge in [-0.05, 0) is 48.2 Å². The van der Waals surface area contributed by atoms with Crippen LogP contribution in [-0.4, -0.2) is 4.98 Å². The molecule has 0 bridgehead atoms. The van der Waals surface area contributed by atoms with Crippen molar-refractivity contribution in [3.8, 4) is 11.1 Å². The zero-order chi connectivity index (χ0) is 16.7. The van der Waals surface area contributed by atoms with Crippen molar-refractivity contribution < 1.29 is 0 Å². The number of nitrogens with zero attached hydrogens (tertiary/aromatic N) is 1. The molecule has 1 heterocycles. The second-order valence-corrected chi connectivity index (χ2v) is 6.25. The van der Waals surface area contributed by atoms with Crippen LogP contribution in [-0.2, 0) is 0 Å². The third kappa shape index (κ3) is 2.21. The number of para-hydroxylation sites is 2. The van der Waals surface area contributed by atoms with Crippen molar-refractivity contribution in [3.63, 3.8) is 0 Å². The fraction of sp³-hybridized carbons (Fsp3) is 0.0870. The van der Waals surface area contributed by atoms with Crippen LogP contribution in [0.5, 0.6) is 0 Å². The Bertz CT molecular complexity index is 1010. The largest absolute Gasteiger partial charge is 0.248 e. The Labute approximate surface area is 142 Å². The Balaban J connectivity index is 2.21. The van der Waals surface area contributed by atoms with Gasteiger partial charge in [-0.3, -0.25) is 0 Å². The van der Waals surface area contributed by atoms with E-state index < -0.39 is 0 Å². The van der Waals surface area contributed by atoms with Crippen molar-refractivity contribution in [2.75, 3.05) is 0 Å². The summed E-state index contributed by atoms with van der Waals surface area (Å²) in [5.74, 6) is 0. The Morgan fingerprint density at radius 1 is 0.750 bits per heavy atom. The normalized spacial score (nSPS) is 11.1. The van der Waals surface area contributed by atoms with E-state index >= 15 is 0 Å². The molecule has 0 saturated carbocycles. The minimum absolute atomic E-state index is 1.04. The third-order valence-electron chi connectivity index (χ3n) is 4.63. The smallest absolute Gasteiger partial charge is 0.0715 e. The molecule has 3 aromatic carbocycles. The lowest BCUT2D eigenvalue weighted by Crippen LogP contribution is -1.94. The molecule has 0 aliphatic heterocycles. The first kappa shape index (κ1) is 14.6. The van der Waals surface area contributed by atoms with Gasteiger partial charge in [0.25, 0.3) is 0 Å². The number of rotatable bonds is 2.